The van der Waals surface area contributed by atoms with E-state index in [1.54, 1.807) is 23.9 Å². The van der Waals surface area contributed by atoms with E-state index >= 15 is 0 Å². The number of hydrogen-bond donors (Lipinski definition) is 1. The van der Waals surface area contributed by atoms with Crippen molar-refractivity contribution < 1.29 is 27.8 Å². The lowest BCUT2D eigenvalue weighted by Crippen LogP contribution is -2.44. The molecule has 3 atom stereocenters. The minimum atomic E-state index is -2.88. The highest BCUT2D eigenvalue weighted by Gasteiger charge is 2.41. The van der Waals surface area contributed by atoms with Crippen LogP contribution in [0.5, 0.6) is 5.75 Å². The van der Waals surface area contributed by atoms with Crippen LogP contribution in [-0.4, -0.2) is 60.6 Å². The van der Waals surface area contributed by atoms with Crippen LogP contribution in [0.1, 0.15) is 12.0 Å². The van der Waals surface area contributed by atoms with Gasteiger partial charge in [0.05, 0.1) is 0 Å². The average molecular weight is 414 g/mol. The maximum atomic E-state index is 12.5. The molecule has 1 N–H and O–H groups in total. The summed E-state index contributed by atoms with van der Waals surface area (Å²) in [5, 5.41) is 2.75. The van der Waals surface area contributed by atoms with Crippen LogP contribution in [0.2, 0.25) is 0 Å². The Kier molecular flexibility index (Phi) is 8.72. The highest BCUT2D eigenvalue weighted by Crippen LogP contribution is 2.24. The van der Waals surface area contributed by atoms with Gasteiger partial charge in [0, 0.05) is 13.1 Å². The summed E-state index contributed by atoms with van der Waals surface area (Å²) in [6.07, 6.45) is 3.87. The summed E-state index contributed by atoms with van der Waals surface area (Å²) >= 11 is 1.58. The van der Waals surface area contributed by atoms with E-state index in [0.717, 1.165) is 5.56 Å². The molecule has 0 bridgehead atoms. The SMILES string of the molecule is C=CCOC(=O)C(CCSC)NC(=O)C1CN1Cc1cccc(OC(F)F)c1. The molecule has 0 aromatic heterocycles. The molecule has 1 aliphatic rings. The molecule has 1 aliphatic heterocycles. The third-order valence-electron chi connectivity index (χ3n) is 4.08. The number of benzene rings is 1. The second-order valence-corrected chi connectivity index (χ2v) is 7.22. The minimum absolute atomic E-state index is 0.0810. The van der Waals surface area contributed by atoms with Gasteiger partial charge in [0.25, 0.3) is 0 Å². The van der Waals surface area contributed by atoms with E-state index in [4.69, 9.17) is 4.74 Å². The number of rotatable bonds is 12. The van der Waals surface area contributed by atoms with E-state index in [-0.39, 0.29) is 24.3 Å². The molecule has 0 spiro atoms. The van der Waals surface area contributed by atoms with Gasteiger partial charge in [0.2, 0.25) is 5.91 Å². The zero-order valence-corrected chi connectivity index (χ0v) is 16.4. The number of nitrogens with one attached hydrogen (secondary N) is 1. The summed E-state index contributed by atoms with van der Waals surface area (Å²) in [5.74, 6) is 0.0600. The Labute approximate surface area is 167 Å². The third kappa shape index (κ3) is 7.12. The second-order valence-electron chi connectivity index (χ2n) is 6.23. The number of ether oxygens (including phenoxy) is 2. The van der Waals surface area contributed by atoms with Crippen molar-refractivity contribution >= 4 is 23.6 Å². The molecule has 3 unspecified atom stereocenters. The van der Waals surface area contributed by atoms with Crippen LogP contribution in [0.3, 0.4) is 0 Å². The Hall–Kier alpha value is -2.13. The first-order chi connectivity index (χ1) is 13.4. The number of esters is 1. The molecule has 2 rings (SSSR count). The molecule has 1 fully saturated rings. The van der Waals surface area contributed by atoms with Gasteiger partial charge in [-0.25, -0.2) is 4.79 Å². The van der Waals surface area contributed by atoms with Crippen molar-refractivity contribution in [2.45, 2.75) is 31.7 Å². The Morgan fingerprint density at radius 3 is 2.93 bits per heavy atom. The Balaban J connectivity index is 1.87. The fourth-order valence-corrected chi connectivity index (χ4v) is 3.12. The average Bonchev–Trinajstić information content (AvgIpc) is 3.42. The molecule has 28 heavy (non-hydrogen) atoms. The lowest BCUT2D eigenvalue weighted by Gasteiger charge is -2.17. The van der Waals surface area contributed by atoms with Gasteiger partial charge in [-0.15, -0.1) is 0 Å². The van der Waals surface area contributed by atoms with E-state index in [1.807, 2.05) is 11.2 Å². The largest absolute Gasteiger partial charge is 0.460 e. The minimum Gasteiger partial charge on any atom is -0.460 e. The summed E-state index contributed by atoms with van der Waals surface area (Å²) in [4.78, 5) is 26.4. The smallest absolute Gasteiger partial charge is 0.387 e. The summed E-state index contributed by atoms with van der Waals surface area (Å²) < 4.78 is 34.1. The maximum absolute atomic E-state index is 12.5. The van der Waals surface area contributed by atoms with E-state index < -0.39 is 18.6 Å². The van der Waals surface area contributed by atoms with Crippen LogP contribution in [0, 0.1) is 0 Å². The number of thioether (sulfide) groups is 1. The molecule has 0 aliphatic carbocycles. The second kappa shape index (κ2) is 11.0. The summed E-state index contributed by atoms with van der Waals surface area (Å²) in [6, 6.07) is 5.31. The van der Waals surface area contributed by atoms with Gasteiger partial charge in [-0.05, 0) is 36.1 Å². The number of amides is 1. The van der Waals surface area contributed by atoms with Crippen molar-refractivity contribution in [3.8, 4) is 5.75 Å². The molecular weight excluding hydrogens is 390 g/mol. The van der Waals surface area contributed by atoms with Gasteiger partial charge < -0.3 is 14.8 Å². The van der Waals surface area contributed by atoms with Crippen LogP contribution < -0.4 is 10.1 Å². The molecule has 154 valence electrons. The van der Waals surface area contributed by atoms with Gasteiger partial charge in [-0.3, -0.25) is 9.69 Å². The predicted octanol–water partition coefficient (Wildman–Crippen LogP) is 2.44. The number of carbonyl (C=O) groups excluding carboxylic acids is 2. The van der Waals surface area contributed by atoms with Crippen LogP contribution in [-0.2, 0) is 20.9 Å². The maximum Gasteiger partial charge on any atom is 0.387 e. The van der Waals surface area contributed by atoms with Crippen molar-refractivity contribution in [2.75, 3.05) is 25.2 Å². The molecule has 0 radical (unpaired) electrons. The molecular formula is C19H24F2N2O4S. The monoisotopic (exact) mass is 414 g/mol. The summed E-state index contributed by atoms with van der Waals surface area (Å²) in [5.41, 5.74) is 0.762. The molecule has 9 heteroatoms. The normalized spacial score (nSPS) is 19.0. The lowest BCUT2D eigenvalue weighted by atomic mass is 10.2. The van der Waals surface area contributed by atoms with Crippen LogP contribution in [0.15, 0.2) is 36.9 Å². The molecule has 1 aromatic carbocycles. The van der Waals surface area contributed by atoms with E-state index in [9.17, 15) is 18.4 Å². The number of nitrogens with zero attached hydrogens (tertiary/aromatic N) is 1. The van der Waals surface area contributed by atoms with Crippen LogP contribution in [0.4, 0.5) is 8.78 Å². The van der Waals surface area contributed by atoms with E-state index in [0.29, 0.717) is 25.3 Å². The third-order valence-corrected chi connectivity index (χ3v) is 4.73. The van der Waals surface area contributed by atoms with Crippen molar-refractivity contribution in [1.82, 2.24) is 10.2 Å². The van der Waals surface area contributed by atoms with E-state index in [1.165, 1.54) is 18.2 Å². The van der Waals surface area contributed by atoms with Gasteiger partial charge in [0.1, 0.15) is 24.4 Å². The Morgan fingerprint density at radius 1 is 1.46 bits per heavy atom. The van der Waals surface area contributed by atoms with Crippen LogP contribution in [0.25, 0.3) is 0 Å². The highest BCUT2D eigenvalue weighted by molar-refractivity contribution is 7.98. The van der Waals surface area contributed by atoms with Gasteiger partial charge in [-0.2, -0.15) is 20.5 Å². The fourth-order valence-electron chi connectivity index (χ4n) is 2.65. The molecule has 1 heterocycles. The standard InChI is InChI=1S/C19H24F2N2O4S/c1-3-8-26-18(25)15(7-9-28-2)22-17(24)16-12-23(16)11-13-5-4-6-14(10-13)27-19(20)21/h3-6,10,15-16,19H,1,7-9,11-12H2,2H3,(H,22,24). The van der Waals surface area contributed by atoms with E-state index in [2.05, 4.69) is 16.6 Å². The summed E-state index contributed by atoms with van der Waals surface area (Å²) in [6.45, 7) is 1.67. The topological polar surface area (TPSA) is 67.6 Å². The number of carbonyl (C=O) groups is 2. The zero-order chi connectivity index (χ0) is 20.5. The molecule has 6 nitrogen and oxygen atoms in total. The van der Waals surface area contributed by atoms with Gasteiger partial charge in [-0.1, -0.05) is 24.8 Å². The highest BCUT2D eigenvalue weighted by atomic mass is 32.2. The van der Waals surface area contributed by atoms with Crippen molar-refractivity contribution in [3.63, 3.8) is 0 Å². The first kappa shape index (κ1) is 22.2. The summed E-state index contributed by atoms with van der Waals surface area (Å²) in [7, 11) is 0. The van der Waals surface area contributed by atoms with Gasteiger partial charge >= 0.3 is 12.6 Å². The van der Waals surface area contributed by atoms with Gasteiger partial charge in [0.15, 0.2) is 0 Å². The van der Waals surface area contributed by atoms with Crippen molar-refractivity contribution in [3.05, 3.63) is 42.5 Å². The first-order valence-electron chi connectivity index (χ1n) is 8.79. The molecule has 1 amide bonds. The van der Waals surface area contributed by atoms with Crippen molar-refractivity contribution in [1.29, 1.82) is 0 Å². The van der Waals surface area contributed by atoms with Crippen LogP contribution >= 0.6 is 11.8 Å². The van der Waals surface area contributed by atoms with Crippen molar-refractivity contribution in [2.24, 2.45) is 0 Å². The zero-order valence-electron chi connectivity index (χ0n) is 15.6. The lowest BCUT2D eigenvalue weighted by molar-refractivity contribution is -0.146. The first-order valence-corrected chi connectivity index (χ1v) is 10.2. The number of alkyl halides is 2. The number of halogens is 2. The predicted molar refractivity (Wildman–Crippen MR) is 103 cm³/mol. The molecule has 1 saturated heterocycles. The molecule has 1 aromatic rings. The Bertz CT molecular complexity index is 690. The quantitative estimate of drug-likeness (QED) is 0.322. The fraction of sp³-hybridized carbons (Fsp3) is 0.474. The molecule has 0 saturated carbocycles. The number of hydrogen-bond acceptors (Lipinski definition) is 6. The Morgan fingerprint density at radius 2 is 2.25 bits per heavy atom.